The van der Waals surface area contributed by atoms with Crippen molar-refractivity contribution in [3.8, 4) is 5.75 Å². The zero-order chi connectivity index (χ0) is 13.2. The summed E-state index contributed by atoms with van der Waals surface area (Å²) < 4.78 is 10.9. The van der Waals surface area contributed by atoms with Gasteiger partial charge in [0, 0.05) is 11.9 Å². The quantitative estimate of drug-likeness (QED) is 0.750. The summed E-state index contributed by atoms with van der Waals surface area (Å²) in [5.41, 5.74) is 2.70. The minimum Gasteiger partial charge on any atom is -0.497 e. The van der Waals surface area contributed by atoms with Gasteiger partial charge in [0.05, 0.1) is 12.7 Å². The van der Waals surface area contributed by atoms with Crippen LogP contribution in [0, 0.1) is 6.92 Å². The summed E-state index contributed by atoms with van der Waals surface area (Å²) >= 11 is 3.81. The molecular formula is C15H21BrO2. The van der Waals surface area contributed by atoms with E-state index < -0.39 is 0 Å². The minimum atomic E-state index is 0.0978. The molecule has 0 saturated heterocycles. The third-order valence-corrected chi connectivity index (χ3v) is 4.88. The molecular weight excluding hydrogens is 292 g/mol. The maximum atomic E-state index is 5.70. The van der Waals surface area contributed by atoms with Crippen LogP contribution in [-0.2, 0) is 4.74 Å². The molecule has 2 rings (SSSR count). The van der Waals surface area contributed by atoms with Crippen LogP contribution in [0.25, 0.3) is 0 Å². The molecule has 0 bridgehead atoms. The van der Waals surface area contributed by atoms with E-state index in [1.54, 1.807) is 7.11 Å². The summed E-state index contributed by atoms with van der Waals surface area (Å²) in [5.74, 6) is 0.918. The van der Waals surface area contributed by atoms with Gasteiger partial charge in [-0.05, 0) is 55.9 Å². The average Bonchev–Trinajstić information content (AvgIpc) is 2.33. The van der Waals surface area contributed by atoms with Crippen molar-refractivity contribution in [3.05, 3.63) is 29.3 Å². The van der Waals surface area contributed by atoms with E-state index in [9.17, 15) is 0 Å². The fourth-order valence-electron chi connectivity index (χ4n) is 2.63. The van der Waals surface area contributed by atoms with Crippen LogP contribution in [0.1, 0.15) is 41.6 Å². The molecule has 3 heteroatoms. The highest BCUT2D eigenvalue weighted by molar-refractivity contribution is 9.09. The summed E-state index contributed by atoms with van der Waals surface area (Å²) in [6, 6.07) is 6.26. The average molecular weight is 313 g/mol. The topological polar surface area (TPSA) is 18.5 Å². The smallest absolute Gasteiger partial charge is 0.119 e. The van der Waals surface area contributed by atoms with Gasteiger partial charge >= 0.3 is 0 Å². The van der Waals surface area contributed by atoms with Crippen molar-refractivity contribution in [2.45, 2.75) is 43.0 Å². The minimum absolute atomic E-state index is 0.0978. The van der Waals surface area contributed by atoms with Crippen molar-refractivity contribution in [3.63, 3.8) is 0 Å². The van der Waals surface area contributed by atoms with E-state index in [1.807, 2.05) is 13.2 Å². The lowest BCUT2D eigenvalue weighted by Crippen LogP contribution is -2.39. The lowest BCUT2D eigenvalue weighted by atomic mass is 9.76. The maximum Gasteiger partial charge on any atom is 0.119 e. The van der Waals surface area contributed by atoms with Crippen LogP contribution in [-0.4, -0.2) is 19.8 Å². The summed E-state index contributed by atoms with van der Waals surface area (Å²) in [4.78, 5) is 0.351. The fourth-order valence-corrected chi connectivity index (χ4v) is 3.73. The lowest BCUT2D eigenvalue weighted by molar-refractivity contribution is -0.0773. The number of hydrogen-bond acceptors (Lipinski definition) is 2. The van der Waals surface area contributed by atoms with Crippen LogP contribution in [0.4, 0.5) is 0 Å². The van der Waals surface area contributed by atoms with E-state index in [-0.39, 0.29) is 5.60 Å². The van der Waals surface area contributed by atoms with Crippen molar-refractivity contribution >= 4 is 15.9 Å². The number of methoxy groups -OCH3 is 2. The van der Waals surface area contributed by atoms with E-state index in [4.69, 9.17) is 9.47 Å². The van der Waals surface area contributed by atoms with Gasteiger partial charge in [0.15, 0.2) is 0 Å². The van der Waals surface area contributed by atoms with Gasteiger partial charge < -0.3 is 9.47 Å². The normalized spacial score (nSPS) is 19.1. The highest BCUT2D eigenvalue weighted by Gasteiger charge is 2.38. The van der Waals surface area contributed by atoms with Crippen LogP contribution in [0.2, 0.25) is 0 Å². The summed E-state index contributed by atoms with van der Waals surface area (Å²) in [6.45, 7) is 2.13. The molecule has 2 nitrogen and oxygen atoms in total. The second kappa shape index (κ2) is 5.62. The Balaban J connectivity index is 2.11. The molecule has 1 saturated carbocycles. The van der Waals surface area contributed by atoms with E-state index >= 15 is 0 Å². The summed E-state index contributed by atoms with van der Waals surface area (Å²) in [7, 11) is 3.54. The third kappa shape index (κ3) is 2.72. The molecule has 0 aliphatic heterocycles. The van der Waals surface area contributed by atoms with Crippen molar-refractivity contribution in [1.29, 1.82) is 0 Å². The molecule has 18 heavy (non-hydrogen) atoms. The maximum absolute atomic E-state index is 5.70. The molecule has 1 fully saturated rings. The van der Waals surface area contributed by atoms with E-state index in [1.165, 1.54) is 30.4 Å². The molecule has 1 aliphatic rings. The molecule has 0 aromatic heterocycles. The van der Waals surface area contributed by atoms with Gasteiger partial charge in [0.25, 0.3) is 0 Å². The number of ether oxygens (including phenoxy) is 2. The third-order valence-electron chi connectivity index (χ3n) is 4.06. The molecule has 0 radical (unpaired) electrons. The van der Waals surface area contributed by atoms with Gasteiger partial charge in [-0.2, -0.15) is 0 Å². The first-order valence-corrected chi connectivity index (χ1v) is 7.35. The molecule has 1 atom stereocenters. The van der Waals surface area contributed by atoms with E-state index in [0.717, 1.165) is 12.2 Å². The van der Waals surface area contributed by atoms with Crippen molar-refractivity contribution in [1.82, 2.24) is 0 Å². The van der Waals surface area contributed by atoms with Gasteiger partial charge in [-0.25, -0.2) is 0 Å². The van der Waals surface area contributed by atoms with Gasteiger partial charge in [-0.3, -0.25) is 0 Å². The Morgan fingerprint density at radius 3 is 2.50 bits per heavy atom. The molecule has 1 aromatic carbocycles. The van der Waals surface area contributed by atoms with Gasteiger partial charge in [0.1, 0.15) is 5.75 Å². The van der Waals surface area contributed by atoms with Crippen molar-refractivity contribution in [2.24, 2.45) is 0 Å². The number of hydrogen-bond donors (Lipinski definition) is 0. The predicted molar refractivity (Wildman–Crippen MR) is 77.6 cm³/mol. The second-order valence-corrected chi connectivity index (χ2v) is 6.24. The highest BCUT2D eigenvalue weighted by Crippen LogP contribution is 2.45. The summed E-state index contributed by atoms with van der Waals surface area (Å²) in [6.07, 6.45) is 4.69. The van der Waals surface area contributed by atoms with Crippen LogP contribution in [0.3, 0.4) is 0 Å². The Hall–Kier alpha value is -0.540. The zero-order valence-electron chi connectivity index (χ0n) is 11.3. The van der Waals surface area contributed by atoms with Gasteiger partial charge in [-0.1, -0.05) is 22.0 Å². The monoisotopic (exact) mass is 312 g/mol. The zero-order valence-corrected chi connectivity index (χ0v) is 12.9. The van der Waals surface area contributed by atoms with Crippen LogP contribution >= 0.6 is 15.9 Å². The largest absolute Gasteiger partial charge is 0.497 e. The number of rotatable bonds is 5. The van der Waals surface area contributed by atoms with Gasteiger partial charge in [0.2, 0.25) is 0 Å². The first-order chi connectivity index (χ1) is 8.60. The first kappa shape index (κ1) is 13.9. The Morgan fingerprint density at radius 1 is 1.33 bits per heavy atom. The second-order valence-electron chi connectivity index (χ2n) is 5.13. The summed E-state index contributed by atoms with van der Waals surface area (Å²) in [5, 5.41) is 0. The Bertz CT molecular complexity index is 407. The molecule has 0 N–H and O–H groups in total. The highest BCUT2D eigenvalue weighted by atomic mass is 79.9. The van der Waals surface area contributed by atoms with Crippen LogP contribution in [0.5, 0.6) is 5.75 Å². The molecule has 0 heterocycles. The number of halogens is 1. The van der Waals surface area contributed by atoms with E-state index in [2.05, 4.69) is 35.0 Å². The molecule has 1 aromatic rings. The van der Waals surface area contributed by atoms with Crippen LogP contribution < -0.4 is 4.74 Å². The molecule has 0 amide bonds. The Morgan fingerprint density at radius 2 is 2.06 bits per heavy atom. The predicted octanol–water partition coefficient (Wildman–Crippen LogP) is 4.40. The van der Waals surface area contributed by atoms with E-state index in [0.29, 0.717) is 4.83 Å². The van der Waals surface area contributed by atoms with Crippen LogP contribution in [0.15, 0.2) is 18.2 Å². The SMILES string of the molecule is COc1ccc(C(Br)CC2(OC)CCC2)c(C)c1. The molecule has 100 valence electrons. The first-order valence-electron chi connectivity index (χ1n) is 6.44. The fraction of sp³-hybridized carbons (Fsp3) is 0.600. The molecule has 1 unspecified atom stereocenters. The Labute approximate surface area is 118 Å². The molecule has 1 aliphatic carbocycles. The number of benzene rings is 1. The number of alkyl halides is 1. The lowest BCUT2D eigenvalue weighted by Gasteiger charge is -2.42. The van der Waals surface area contributed by atoms with Crippen molar-refractivity contribution in [2.75, 3.05) is 14.2 Å². The Kier molecular flexibility index (Phi) is 4.33. The standard InChI is InChI=1S/C15H21BrO2/c1-11-9-12(17-2)5-6-13(11)14(16)10-15(18-3)7-4-8-15/h5-6,9,14H,4,7-8,10H2,1-3H3. The molecule has 0 spiro atoms. The van der Waals surface area contributed by atoms with Crippen molar-refractivity contribution < 1.29 is 9.47 Å². The van der Waals surface area contributed by atoms with Gasteiger partial charge in [-0.15, -0.1) is 0 Å². The number of aryl methyl sites for hydroxylation is 1.